The molecule has 0 aromatic heterocycles. The third kappa shape index (κ3) is 11.8. The maximum Gasteiger partial charge on any atom is 0.119 e. The smallest absolute Gasteiger partial charge is 0.119 e. The van der Waals surface area contributed by atoms with Crippen LogP contribution >= 0.6 is 0 Å². The SMILES string of the molecule is CCCCCCCCCCCCOc1ccc(C=Nc2ccc(CCCC)cc2)cc1. The van der Waals surface area contributed by atoms with E-state index in [1.807, 2.05) is 18.3 Å². The van der Waals surface area contributed by atoms with Crippen molar-refractivity contribution in [2.24, 2.45) is 4.99 Å². The Balaban J connectivity index is 1.57. The highest BCUT2D eigenvalue weighted by Crippen LogP contribution is 2.17. The molecule has 2 aromatic rings. The Morgan fingerprint density at radius 1 is 0.645 bits per heavy atom. The predicted octanol–water partition coefficient (Wildman–Crippen LogP) is 9.08. The molecule has 0 saturated carbocycles. The Hall–Kier alpha value is -2.09. The first-order valence-electron chi connectivity index (χ1n) is 12.7. The van der Waals surface area contributed by atoms with Crippen molar-refractivity contribution in [1.82, 2.24) is 0 Å². The van der Waals surface area contributed by atoms with Crippen molar-refractivity contribution < 1.29 is 4.74 Å². The molecule has 0 bridgehead atoms. The van der Waals surface area contributed by atoms with Crippen molar-refractivity contribution in [3.05, 3.63) is 59.7 Å². The summed E-state index contributed by atoms with van der Waals surface area (Å²) in [4.78, 5) is 4.59. The zero-order chi connectivity index (χ0) is 22.0. The van der Waals surface area contributed by atoms with Gasteiger partial charge in [-0.1, -0.05) is 90.2 Å². The molecule has 2 rings (SSSR count). The van der Waals surface area contributed by atoms with E-state index in [9.17, 15) is 0 Å². The number of hydrogen-bond donors (Lipinski definition) is 0. The molecule has 0 fully saturated rings. The minimum atomic E-state index is 0.814. The van der Waals surface area contributed by atoms with Crippen LogP contribution in [0.3, 0.4) is 0 Å². The largest absolute Gasteiger partial charge is 0.494 e. The van der Waals surface area contributed by atoms with E-state index < -0.39 is 0 Å². The lowest BCUT2D eigenvalue weighted by atomic mass is 10.1. The van der Waals surface area contributed by atoms with Crippen molar-refractivity contribution in [3.63, 3.8) is 0 Å². The molecule has 0 atom stereocenters. The van der Waals surface area contributed by atoms with Crippen LogP contribution < -0.4 is 4.74 Å². The standard InChI is InChI=1S/C29H43NO/c1-3-5-7-8-9-10-11-12-13-14-24-31-29-22-18-27(19-23-29)25-30-28-20-16-26(17-21-28)15-6-4-2/h16-23,25H,3-15,24H2,1-2H3. The number of ether oxygens (including phenoxy) is 1. The molecule has 0 amide bonds. The number of unbranched alkanes of at least 4 members (excludes halogenated alkanes) is 10. The van der Waals surface area contributed by atoms with Crippen LogP contribution in [0.1, 0.15) is 102 Å². The van der Waals surface area contributed by atoms with Gasteiger partial charge >= 0.3 is 0 Å². The molecule has 0 aliphatic heterocycles. The van der Waals surface area contributed by atoms with Crippen LogP contribution in [0.15, 0.2) is 53.5 Å². The molecular formula is C29H43NO. The number of hydrogen-bond acceptors (Lipinski definition) is 2. The molecule has 0 saturated heterocycles. The summed E-state index contributed by atoms with van der Waals surface area (Å²) in [6.07, 6.45) is 19.1. The fourth-order valence-electron chi connectivity index (χ4n) is 3.71. The normalized spacial score (nSPS) is 11.3. The highest BCUT2D eigenvalue weighted by atomic mass is 16.5. The van der Waals surface area contributed by atoms with Crippen LogP contribution in [0.25, 0.3) is 0 Å². The summed E-state index contributed by atoms with van der Waals surface area (Å²) in [5.74, 6) is 0.952. The van der Waals surface area contributed by atoms with Crippen LogP contribution in [-0.2, 0) is 6.42 Å². The minimum Gasteiger partial charge on any atom is -0.494 e. The molecule has 0 aliphatic carbocycles. The quantitative estimate of drug-likeness (QED) is 0.184. The molecule has 0 N–H and O–H groups in total. The fraction of sp³-hybridized carbons (Fsp3) is 0.552. The van der Waals surface area contributed by atoms with Crippen LogP contribution in [0.5, 0.6) is 5.75 Å². The molecule has 2 nitrogen and oxygen atoms in total. The number of aliphatic imine (C=N–C) groups is 1. The van der Waals surface area contributed by atoms with Crippen molar-refractivity contribution in [2.45, 2.75) is 97.3 Å². The van der Waals surface area contributed by atoms with Gasteiger partial charge < -0.3 is 4.74 Å². The van der Waals surface area contributed by atoms with Gasteiger partial charge in [-0.05, 0) is 66.8 Å². The summed E-state index contributed by atoms with van der Waals surface area (Å²) in [5, 5.41) is 0. The molecule has 2 aromatic carbocycles. The minimum absolute atomic E-state index is 0.814. The second kappa shape index (κ2) is 16.6. The van der Waals surface area contributed by atoms with Gasteiger partial charge in [0.1, 0.15) is 5.75 Å². The van der Waals surface area contributed by atoms with E-state index in [0.29, 0.717) is 0 Å². The second-order valence-electron chi connectivity index (χ2n) is 8.63. The van der Waals surface area contributed by atoms with E-state index in [4.69, 9.17) is 4.74 Å². The Bertz CT molecular complexity index is 703. The van der Waals surface area contributed by atoms with Gasteiger partial charge in [-0.25, -0.2) is 0 Å². The zero-order valence-electron chi connectivity index (χ0n) is 20.0. The fourth-order valence-corrected chi connectivity index (χ4v) is 3.71. The number of benzene rings is 2. The molecule has 0 unspecified atom stereocenters. The molecular weight excluding hydrogens is 378 g/mol. The van der Waals surface area contributed by atoms with E-state index in [0.717, 1.165) is 36.4 Å². The van der Waals surface area contributed by atoms with E-state index in [1.165, 1.54) is 76.2 Å². The topological polar surface area (TPSA) is 21.6 Å². The average molecular weight is 422 g/mol. The van der Waals surface area contributed by atoms with Gasteiger partial charge in [-0.3, -0.25) is 4.99 Å². The summed E-state index contributed by atoms with van der Waals surface area (Å²) in [6, 6.07) is 16.8. The Kier molecular flexibility index (Phi) is 13.5. The summed E-state index contributed by atoms with van der Waals surface area (Å²) >= 11 is 0. The molecule has 170 valence electrons. The third-order valence-corrected chi connectivity index (χ3v) is 5.76. The zero-order valence-corrected chi connectivity index (χ0v) is 20.0. The maximum atomic E-state index is 5.90. The van der Waals surface area contributed by atoms with Crippen LogP contribution in [0, 0.1) is 0 Å². The summed E-state index contributed by atoms with van der Waals surface area (Å²) < 4.78 is 5.90. The van der Waals surface area contributed by atoms with Crippen molar-refractivity contribution in [2.75, 3.05) is 6.61 Å². The van der Waals surface area contributed by atoms with Crippen LogP contribution in [0.4, 0.5) is 5.69 Å². The highest BCUT2D eigenvalue weighted by molar-refractivity contribution is 5.82. The molecule has 0 radical (unpaired) electrons. The third-order valence-electron chi connectivity index (χ3n) is 5.76. The van der Waals surface area contributed by atoms with Gasteiger partial charge in [-0.2, -0.15) is 0 Å². The first-order chi connectivity index (χ1) is 15.3. The lowest BCUT2D eigenvalue weighted by molar-refractivity contribution is 0.304. The second-order valence-corrected chi connectivity index (χ2v) is 8.63. The van der Waals surface area contributed by atoms with Gasteiger partial charge in [0.05, 0.1) is 12.3 Å². The summed E-state index contributed by atoms with van der Waals surface area (Å²) in [7, 11) is 0. The van der Waals surface area contributed by atoms with Gasteiger partial charge in [0.25, 0.3) is 0 Å². The first-order valence-corrected chi connectivity index (χ1v) is 12.7. The van der Waals surface area contributed by atoms with Crippen LogP contribution in [0.2, 0.25) is 0 Å². The molecule has 0 spiro atoms. The molecule has 0 heterocycles. The molecule has 0 aliphatic rings. The summed E-state index contributed by atoms with van der Waals surface area (Å²) in [5.41, 5.74) is 3.49. The Morgan fingerprint density at radius 3 is 1.84 bits per heavy atom. The molecule has 31 heavy (non-hydrogen) atoms. The van der Waals surface area contributed by atoms with E-state index in [1.54, 1.807) is 0 Å². The number of nitrogens with zero attached hydrogens (tertiary/aromatic N) is 1. The van der Waals surface area contributed by atoms with Gasteiger partial charge in [0, 0.05) is 6.21 Å². The predicted molar refractivity (Wildman–Crippen MR) is 136 cm³/mol. The summed E-state index contributed by atoms with van der Waals surface area (Å²) in [6.45, 7) is 5.32. The Labute approximate surface area is 191 Å². The van der Waals surface area contributed by atoms with E-state index in [2.05, 4.69) is 55.2 Å². The van der Waals surface area contributed by atoms with E-state index >= 15 is 0 Å². The average Bonchev–Trinajstić information content (AvgIpc) is 2.81. The monoisotopic (exact) mass is 421 g/mol. The Morgan fingerprint density at radius 2 is 1.23 bits per heavy atom. The van der Waals surface area contributed by atoms with Crippen LogP contribution in [-0.4, -0.2) is 12.8 Å². The van der Waals surface area contributed by atoms with Gasteiger partial charge in [0.2, 0.25) is 0 Å². The van der Waals surface area contributed by atoms with Gasteiger partial charge in [-0.15, -0.1) is 0 Å². The van der Waals surface area contributed by atoms with Crippen molar-refractivity contribution in [1.29, 1.82) is 0 Å². The first kappa shape index (κ1) is 25.2. The number of aryl methyl sites for hydroxylation is 1. The van der Waals surface area contributed by atoms with Gasteiger partial charge in [0.15, 0.2) is 0 Å². The molecule has 2 heteroatoms. The lowest BCUT2D eigenvalue weighted by Crippen LogP contribution is -1.97. The van der Waals surface area contributed by atoms with E-state index in [-0.39, 0.29) is 0 Å². The number of rotatable bonds is 17. The maximum absolute atomic E-state index is 5.90. The van der Waals surface area contributed by atoms with Crippen molar-refractivity contribution >= 4 is 11.9 Å². The lowest BCUT2D eigenvalue weighted by Gasteiger charge is -2.06. The highest BCUT2D eigenvalue weighted by Gasteiger charge is 1.97. The van der Waals surface area contributed by atoms with Crippen molar-refractivity contribution in [3.8, 4) is 5.75 Å².